The van der Waals surface area contributed by atoms with Gasteiger partial charge in [0.05, 0.1) is 0 Å². The first-order chi connectivity index (χ1) is 12.8. The van der Waals surface area contributed by atoms with E-state index in [-0.39, 0.29) is 0 Å². The molecule has 0 aromatic heterocycles. The average molecular weight is 349 g/mol. The topological polar surface area (TPSA) is 9.23 Å². The van der Waals surface area contributed by atoms with Crippen LogP contribution in [0.4, 0.5) is 0 Å². The van der Waals surface area contributed by atoms with Gasteiger partial charge in [0.25, 0.3) is 0 Å². The molecule has 1 nitrogen and oxygen atoms in total. The van der Waals surface area contributed by atoms with E-state index < -0.39 is 0 Å². The van der Waals surface area contributed by atoms with Crippen LogP contribution in [0.25, 0.3) is 11.1 Å². The van der Waals surface area contributed by atoms with Crippen molar-refractivity contribution in [3.05, 3.63) is 78.4 Å². The van der Waals surface area contributed by atoms with E-state index in [9.17, 15) is 0 Å². The monoisotopic (exact) mass is 348 g/mol. The molecule has 2 aromatic rings. The molecule has 0 bridgehead atoms. The zero-order chi connectivity index (χ0) is 18.5. The Bertz CT molecular complexity index is 662. The first kappa shape index (κ1) is 20.0. The average Bonchev–Trinajstić information content (AvgIpc) is 2.69. The number of ether oxygens (including phenoxy) is 1. The van der Waals surface area contributed by atoms with Gasteiger partial charge in [0.2, 0.25) is 0 Å². The van der Waals surface area contributed by atoms with Crippen molar-refractivity contribution in [3.8, 4) is 16.9 Å². The van der Waals surface area contributed by atoms with Gasteiger partial charge in [-0.3, -0.25) is 0 Å². The summed E-state index contributed by atoms with van der Waals surface area (Å²) in [5.74, 6) is 0.905. The van der Waals surface area contributed by atoms with Crippen LogP contribution in [0.1, 0.15) is 51.5 Å². The van der Waals surface area contributed by atoms with Crippen molar-refractivity contribution in [2.24, 2.45) is 0 Å². The van der Waals surface area contributed by atoms with Gasteiger partial charge in [0, 0.05) is 0 Å². The molecule has 0 fully saturated rings. The SMILES string of the molecule is CC=CC=CCOc1ccc(-c2ccc(CCCCCCC)cc2)cc1. The van der Waals surface area contributed by atoms with Crippen molar-refractivity contribution in [2.75, 3.05) is 6.61 Å². The number of aryl methyl sites for hydroxylation is 1. The summed E-state index contributed by atoms with van der Waals surface area (Å²) < 4.78 is 5.71. The molecule has 0 unspecified atom stereocenters. The van der Waals surface area contributed by atoms with E-state index in [0.717, 1.165) is 5.75 Å². The Morgan fingerprint density at radius 3 is 2.08 bits per heavy atom. The minimum Gasteiger partial charge on any atom is -0.490 e. The quantitative estimate of drug-likeness (QED) is 0.304. The fourth-order valence-corrected chi connectivity index (χ4v) is 2.93. The minimum atomic E-state index is 0.594. The molecule has 0 spiro atoms. The summed E-state index contributed by atoms with van der Waals surface area (Å²) in [5.41, 5.74) is 3.94. The minimum absolute atomic E-state index is 0.594. The highest BCUT2D eigenvalue weighted by Crippen LogP contribution is 2.23. The van der Waals surface area contributed by atoms with Crippen LogP contribution in [-0.4, -0.2) is 6.61 Å². The highest BCUT2D eigenvalue weighted by Gasteiger charge is 2.00. The van der Waals surface area contributed by atoms with Gasteiger partial charge in [-0.25, -0.2) is 0 Å². The molecule has 2 aromatic carbocycles. The normalized spacial score (nSPS) is 11.5. The lowest BCUT2D eigenvalue weighted by Gasteiger charge is -2.07. The van der Waals surface area contributed by atoms with Crippen molar-refractivity contribution in [3.63, 3.8) is 0 Å². The van der Waals surface area contributed by atoms with Crippen molar-refractivity contribution >= 4 is 0 Å². The maximum Gasteiger partial charge on any atom is 0.119 e. The van der Waals surface area contributed by atoms with Crippen molar-refractivity contribution in [2.45, 2.75) is 52.4 Å². The molecule has 0 aliphatic rings. The summed E-state index contributed by atoms with van der Waals surface area (Å²) in [5, 5.41) is 0. The Kier molecular flexibility index (Phi) is 9.35. The summed E-state index contributed by atoms with van der Waals surface area (Å²) >= 11 is 0. The third kappa shape index (κ3) is 7.31. The van der Waals surface area contributed by atoms with Crippen LogP contribution in [-0.2, 0) is 6.42 Å². The third-order valence-corrected chi connectivity index (χ3v) is 4.50. The van der Waals surface area contributed by atoms with Crippen LogP contribution in [0.5, 0.6) is 5.75 Å². The van der Waals surface area contributed by atoms with Crippen LogP contribution in [0.3, 0.4) is 0 Å². The summed E-state index contributed by atoms with van der Waals surface area (Å²) in [7, 11) is 0. The van der Waals surface area contributed by atoms with E-state index in [1.807, 2.05) is 43.4 Å². The highest BCUT2D eigenvalue weighted by atomic mass is 16.5. The molecule has 26 heavy (non-hydrogen) atoms. The van der Waals surface area contributed by atoms with Gasteiger partial charge < -0.3 is 4.74 Å². The van der Waals surface area contributed by atoms with E-state index in [4.69, 9.17) is 4.74 Å². The van der Waals surface area contributed by atoms with Crippen LogP contribution in [0.2, 0.25) is 0 Å². The van der Waals surface area contributed by atoms with Crippen molar-refractivity contribution in [1.29, 1.82) is 0 Å². The van der Waals surface area contributed by atoms with Gasteiger partial charge in [-0.05, 0) is 54.7 Å². The van der Waals surface area contributed by atoms with E-state index in [0.29, 0.717) is 6.61 Å². The Labute approximate surface area is 159 Å². The lowest BCUT2D eigenvalue weighted by atomic mass is 10.0. The molecule has 0 heterocycles. The predicted octanol–water partition coefficient (Wildman–Crippen LogP) is 7.38. The zero-order valence-electron chi connectivity index (χ0n) is 16.3. The van der Waals surface area contributed by atoms with Gasteiger partial charge in [-0.2, -0.15) is 0 Å². The number of rotatable bonds is 11. The van der Waals surface area contributed by atoms with Gasteiger partial charge in [-0.15, -0.1) is 0 Å². The molecule has 1 heteroatoms. The maximum absolute atomic E-state index is 5.71. The Morgan fingerprint density at radius 2 is 1.42 bits per heavy atom. The molecule has 0 aliphatic heterocycles. The van der Waals surface area contributed by atoms with E-state index in [1.165, 1.54) is 55.2 Å². The Hall–Kier alpha value is -2.28. The smallest absolute Gasteiger partial charge is 0.119 e. The maximum atomic E-state index is 5.71. The van der Waals surface area contributed by atoms with Crippen LogP contribution >= 0.6 is 0 Å². The number of allylic oxidation sites excluding steroid dienone is 3. The van der Waals surface area contributed by atoms with Gasteiger partial charge in [0.15, 0.2) is 0 Å². The lowest BCUT2D eigenvalue weighted by molar-refractivity contribution is 0.363. The molecule has 0 atom stereocenters. The van der Waals surface area contributed by atoms with E-state index >= 15 is 0 Å². The molecular formula is C25H32O. The van der Waals surface area contributed by atoms with E-state index in [2.05, 4.69) is 43.3 Å². The third-order valence-electron chi connectivity index (χ3n) is 4.50. The molecule has 0 saturated carbocycles. The van der Waals surface area contributed by atoms with Gasteiger partial charge in [0.1, 0.15) is 12.4 Å². The molecule has 0 amide bonds. The number of hydrogen-bond donors (Lipinski definition) is 0. The van der Waals surface area contributed by atoms with Crippen LogP contribution in [0.15, 0.2) is 72.8 Å². The summed E-state index contributed by atoms with van der Waals surface area (Å²) in [6.45, 7) is 4.86. The highest BCUT2D eigenvalue weighted by molar-refractivity contribution is 5.64. The second-order valence-corrected chi connectivity index (χ2v) is 6.65. The van der Waals surface area contributed by atoms with Crippen LogP contribution < -0.4 is 4.74 Å². The number of hydrogen-bond acceptors (Lipinski definition) is 1. The largest absolute Gasteiger partial charge is 0.490 e. The molecule has 0 radical (unpaired) electrons. The standard InChI is InChI=1S/C25H32O/c1-3-5-7-9-10-12-22-13-15-23(16-14-22)24-17-19-25(20-18-24)26-21-11-8-6-4-2/h4,6,8,11,13-20H,3,5,7,9-10,12,21H2,1-2H3. The predicted molar refractivity (Wildman–Crippen MR) is 114 cm³/mol. The van der Waals surface area contributed by atoms with Gasteiger partial charge >= 0.3 is 0 Å². The molecule has 0 aliphatic carbocycles. The molecule has 138 valence electrons. The van der Waals surface area contributed by atoms with E-state index in [1.54, 1.807) is 0 Å². The number of unbranched alkanes of at least 4 members (excludes halogenated alkanes) is 4. The Balaban J connectivity index is 1.82. The zero-order valence-corrected chi connectivity index (χ0v) is 16.3. The van der Waals surface area contributed by atoms with Gasteiger partial charge in [-0.1, -0.05) is 87.2 Å². The number of benzene rings is 2. The fourth-order valence-electron chi connectivity index (χ4n) is 2.93. The molecule has 0 saturated heterocycles. The van der Waals surface area contributed by atoms with Crippen LogP contribution in [0, 0.1) is 0 Å². The lowest BCUT2D eigenvalue weighted by Crippen LogP contribution is -1.92. The second kappa shape index (κ2) is 12.1. The molecule has 0 N–H and O–H groups in total. The Morgan fingerprint density at radius 1 is 0.769 bits per heavy atom. The molecular weight excluding hydrogens is 316 g/mol. The van der Waals surface area contributed by atoms with Crippen molar-refractivity contribution in [1.82, 2.24) is 0 Å². The van der Waals surface area contributed by atoms with Crippen molar-refractivity contribution < 1.29 is 4.74 Å². The second-order valence-electron chi connectivity index (χ2n) is 6.65. The summed E-state index contributed by atoms with van der Waals surface area (Å²) in [6, 6.07) is 17.3. The summed E-state index contributed by atoms with van der Waals surface area (Å²) in [6.07, 6.45) is 15.9. The summed E-state index contributed by atoms with van der Waals surface area (Å²) in [4.78, 5) is 0. The first-order valence-electron chi connectivity index (χ1n) is 9.93. The first-order valence-corrected chi connectivity index (χ1v) is 9.93. The molecule has 2 rings (SSSR count). The fraction of sp³-hybridized carbons (Fsp3) is 0.360.